The number of carbonyl (C=O) groups is 3. The molecule has 7 aromatic rings. The second kappa shape index (κ2) is 14.0. The van der Waals surface area contributed by atoms with E-state index in [1.165, 1.54) is 0 Å². The highest BCUT2D eigenvalue weighted by Crippen LogP contribution is 2.61. The molecule has 13 heteroatoms. The number of carbonyl (C=O) groups excluding carboxylic acids is 3. The normalized spacial score (nSPS) is 21.5. The molecule has 3 amide bonds. The van der Waals surface area contributed by atoms with Gasteiger partial charge in [-0.1, -0.05) is 72.8 Å². The van der Waals surface area contributed by atoms with Crippen LogP contribution in [0.15, 0.2) is 121 Å². The number of aryl methyl sites for hydroxylation is 1. The molecule has 6 aromatic carbocycles. The molecule has 1 fully saturated rings. The van der Waals surface area contributed by atoms with Crippen molar-refractivity contribution in [3.8, 4) is 0 Å². The third-order valence-corrected chi connectivity index (χ3v) is 16.0. The maximum atomic E-state index is 15.5. The topological polar surface area (TPSA) is 141 Å². The standard InChI is InChI=1S/C49H44N6O6Si/c1-29-45(62(2,3)60)42(22-24-52-28-33(23-25-56)50-51-52)61-49(29)38-26-35(55-41-15-7-11-32-9-5-13-37(44(32)41)47(55)58)20-21-39(38)53(48(49)59)27-30-16-18-34(19-17-30)54-40-14-6-10-31-8-4-12-36(43(31)40)46(54)57/h4-21,26,28-29,42,45,56,60H,22-25,27H2,1-3H3/t29-,42+,45-,49+/m1/s1. The molecule has 62 heavy (non-hydrogen) atoms. The first kappa shape index (κ1) is 38.4. The number of aliphatic hydroxyl groups excluding tert-OH is 1. The predicted octanol–water partition coefficient (Wildman–Crippen LogP) is 8.14. The van der Waals surface area contributed by atoms with Gasteiger partial charge in [-0.3, -0.25) is 28.9 Å². The summed E-state index contributed by atoms with van der Waals surface area (Å²) >= 11 is 0. The van der Waals surface area contributed by atoms with Crippen molar-refractivity contribution in [2.24, 2.45) is 5.92 Å². The lowest BCUT2D eigenvalue weighted by Crippen LogP contribution is -2.46. The third kappa shape index (κ3) is 5.58. The minimum atomic E-state index is -3.00. The molecule has 310 valence electrons. The van der Waals surface area contributed by atoms with E-state index >= 15 is 4.79 Å². The molecular weight excluding hydrogens is 797 g/mol. The molecular formula is C49H44N6O6Si. The van der Waals surface area contributed by atoms with E-state index in [2.05, 4.69) is 10.3 Å². The number of hydrogen-bond donors (Lipinski definition) is 2. The molecule has 2 N–H and O–H groups in total. The second-order valence-electron chi connectivity index (χ2n) is 17.5. The van der Waals surface area contributed by atoms with Crippen LogP contribution in [-0.2, 0) is 34.6 Å². The van der Waals surface area contributed by atoms with Crippen molar-refractivity contribution in [2.45, 2.75) is 63.2 Å². The van der Waals surface area contributed by atoms with Crippen molar-refractivity contribution in [2.75, 3.05) is 21.3 Å². The number of nitrogens with zero attached hydrogens (tertiary/aromatic N) is 6. The van der Waals surface area contributed by atoms with Crippen LogP contribution in [0.4, 0.5) is 28.4 Å². The van der Waals surface area contributed by atoms with Crippen molar-refractivity contribution in [1.82, 2.24) is 15.0 Å². The Morgan fingerprint density at radius 1 is 0.758 bits per heavy atom. The Kier molecular flexibility index (Phi) is 8.68. The van der Waals surface area contributed by atoms with Gasteiger partial charge in [0.25, 0.3) is 17.7 Å². The highest BCUT2D eigenvalue weighted by Gasteiger charge is 2.66. The highest BCUT2D eigenvalue weighted by molar-refractivity contribution is 6.71. The number of rotatable bonds is 10. The fourth-order valence-electron chi connectivity index (χ4n) is 10.8. The lowest BCUT2D eigenvalue weighted by Gasteiger charge is -2.32. The van der Waals surface area contributed by atoms with Crippen LogP contribution in [0.2, 0.25) is 18.6 Å². The van der Waals surface area contributed by atoms with Gasteiger partial charge in [-0.25, -0.2) is 0 Å². The summed E-state index contributed by atoms with van der Waals surface area (Å²) in [5.41, 5.74) is 5.34. The Hall–Kier alpha value is -6.51. The molecule has 11 rings (SSSR count). The van der Waals surface area contributed by atoms with Gasteiger partial charge in [-0.05, 0) is 90.4 Å². The van der Waals surface area contributed by atoms with E-state index < -0.39 is 25.9 Å². The Morgan fingerprint density at radius 2 is 1.35 bits per heavy atom. The van der Waals surface area contributed by atoms with Crippen LogP contribution >= 0.6 is 0 Å². The van der Waals surface area contributed by atoms with Gasteiger partial charge in [0.1, 0.15) is 0 Å². The molecule has 1 spiro atoms. The third-order valence-electron chi connectivity index (χ3n) is 13.5. The molecule has 0 bridgehead atoms. The Balaban J connectivity index is 0.977. The van der Waals surface area contributed by atoms with Crippen molar-refractivity contribution in [3.63, 3.8) is 0 Å². The minimum Gasteiger partial charge on any atom is -0.432 e. The monoisotopic (exact) mass is 840 g/mol. The summed E-state index contributed by atoms with van der Waals surface area (Å²) in [6.45, 7) is 6.45. The number of hydrogen-bond acceptors (Lipinski definition) is 8. The number of fused-ring (bicyclic) bond motifs is 2. The molecule has 0 radical (unpaired) electrons. The van der Waals surface area contributed by atoms with E-state index in [1.807, 2.05) is 135 Å². The SMILES string of the molecule is C[C@@H]1[C@@H]([Si](C)(C)O)[C@H](CCn2cc(CCO)nn2)O[C@@]12C(=O)N(Cc1ccc(N3C(=O)c4cccc5cccc3c45)cc1)c1ccc(N3C(=O)c4cccc5cccc3c45)cc12. The summed E-state index contributed by atoms with van der Waals surface area (Å²) in [6.07, 6.45) is 2.17. The largest absolute Gasteiger partial charge is 0.432 e. The van der Waals surface area contributed by atoms with Crippen molar-refractivity contribution in [3.05, 3.63) is 149 Å². The molecule has 12 nitrogen and oxygen atoms in total. The van der Waals surface area contributed by atoms with Gasteiger partial charge in [0, 0.05) is 64.9 Å². The molecule has 4 aliphatic rings. The van der Waals surface area contributed by atoms with Gasteiger partial charge in [-0.15, -0.1) is 5.10 Å². The molecule has 4 atom stereocenters. The highest BCUT2D eigenvalue weighted by atomic mass is 28.4. The summed E-state index contributed by atoms with van der Waals surface area (Å²) < 4.78 is 8.92. The fourth-order valence-corrected chi connectivity index (χ4v) is 13.4. The summed E-state index contributed by atoms with van der Waals surface area (Å²) in [5, 5.41) is 21.7. The number of anilines is 5. The Morgan fingerprint density at radius 3 is 1.97 bits per heavy atom. The summed E-state index contributed by atoms with van der Waals surface area (Å²) in [6, 6.07) is 36.9. The van der Waals surface area contributed by atoms with Gasteiger partial charge < -0.3 is 19.5 Å². The number of amides is 3. The molecule has 0 saturated carbocycles. The maximum absolute atomic E-state index is 15.5. The van der Waals surface area contributed by atoms with Crippen LogP contribution < -0.4 is 14.7 Å². The summed E-state index contributed by atoms with van der Waals surface area (Å²) in [4.78, 5) is 60.7. The van der Waals surface area contributed by atoms with E-state index in [0.29, 0.717) is 53.1 Å². The first-order valence-electron chi connectivity index (χ1n) is 21.2. The number of aliphatic hydroxyl groups is 1. The number of aromatic nitrogens is 3. The minimum absolute atomic E-state index is 0.0327. The van der Waals surface area contributed by atoms with Gasteiger partial charge in [0.05, 0.1) is 46.5 Å². The zero-order chi connectivity index (χ0) is 42.7. The second-order valence-corrected chi connectivity index (χ2v) is 21.5. The predicted molar refractivity (Wildman–Crippen MR) is 240 cm³/mol. The quantitative estimate of drug-likeness (QED) is 0.132. The molecule has 0 unspecified atom stereocenters. The van der Waals surface area contributed by atoms with E-state index in [4.69, 9.17) is 4.74 Å². The van der Waals surface area contributed by atoms with Crippen LogP contribution in [0, 0.1) is 5.92 Å². The van der Waals surface area contributed by atoms with Crippen LogP contribution in [0.5, 0.6) is 0 Å². The number of benzene rings is 6. The lowest BCUT2D eigenvalue weighted by molar-refractivity contribution is -0.146. The first-order chi connectivity index (χ1) is 30.0. The molecule has 0 aliphatic carbocycles. The molecule has 5 heterocycles. The smallest absolute Gasteiger partial charge is 0.264 e. The van der Waals surface area contributed by atoms with Gasteiger partial charge >= 0.3 is 0 Å². The molecule has 1 saturated heterocycles. The van der Waals surface area contributed by atoms with Gasteiger partial charge in [-0.2, -0.15) is 0 Å². The van der Waals surface area contributed by atoms with Crippen molar-refractivity contribution in [1.29, 1.82) is 0 Å². The average molecular weight is 841 g/mol. The molecule has 4 aliphatic heterocycles. The lowest BCUT2D eigenvalue weighted by atomic mass is 9.82. The van der Waals surface area contributed by atoms with E-state index in [1.54, 1.807) is 25.6 Å². The van der Waals surface area contributed by atoms with Crippen LogP contribution in [-0.4, -0.2) is 63.6 Å². The van der Waals surface area contributed by atoms with E-state index in [0.717, 1.165) is 44.2 Å². The fraction of sp³-hybridized carbons (Fsp3) is 0.245. The van der Waals surface area contributed by atoms with Crippen molar-refractivity contribution >= 4 is 76.0 Å². The summed E-state index contributed by atoms with van der Waals surface area (Å²) in [7, 11) is -3.00. The van der Waals surface area contributed by atoms with Crippen LogP contribution in [0.1, 0.15) is 50.9 Å². The van der Waals surface area contributed by atoms with E-state index in [9.17, 15) is 19.5 Å². The summed E-state index contributed by atoms with van der Waals surface area (Å²) in [5.74, 6) is -0.888. The van der Waals surface area contributed by atoms with Gasteiger partial charge in [0.2, 0.25) is 0 Å². The average Bonchev–Trinajstić information content (AvgIpc) is 4.04. The zero-order valence-electron chi connectivity index (χ0n) is 34.5. The maximum Gasteiger partial charge on any atom is 0.264 e. The van der Waals surface area contributed by atoms with Crippen molar-refractivity contribution < 1.29 is 29.0 Å². The zero-order valence-corrected chi connectivity index (χ0v) is 35.5. The first-order valence-corrected chi connectivity index (χ1v) is 24.2. The number of ether oxygens (including phenoxy) is 1. The Bertz CT molecular complexity index is 3010. The van der Waals surface area contributed by atoms with Gasteiger partial charge in [0.15, 0.2) is 13.9 Å². The Labute approximate surface area is 358 Å². The van der Waals surface area contributed by atoms with Crippen LogP contribution in [0.25, 0.3) is 21.5 Å². The molecule has 1 aromatic heterocycles. The van der Waals surface area contributed by atoms with Crippen LogP contribution in [0.3, 0.4) is 0 Å². The van der Waals surface area contributed by atoms with E-state index in [-0.39, 0.29) is 36.4 Å².